The highest BCUT2D eigenvalue weighted by Gasteiger charge is 2.29. The van der Waals surface area contributed by atoms with E-state index in [1.54, 1.807) is 11.8 Å². The molecule has 2 atom stereocenters. The molecule has 0 amide bonds. The maximum absolute atomic E-state index is 10.4. The first-order valence-corrected chi connectivity index (χ1v) is 11.0. The average molecular weight is 414 g/mol. The first kappa shape index (κ1) is 22.0. The number of ether oxygens (including phenoxy) is 1. The van der Waals surface area contributed by atoms with E-state index in [4.69, 9.17) is 16.3 Å². The highest BCUT2D eigenvalue weighted by molar-refractivity contribution is 7.99. The molecular formula is C18H28ClN5O2S. The van der Waals surface area contributed by atoms with Crippen LogP contribution < -0.4 is 0 Å². The minimum Gasteiger partial charge on any atom is -0.371 e. The fourth-order valence-electron chi connectivity index (χ4n) is 2.75. The zero-order chi connectivity index (χ0) is 19.6. The van der Waals surface area contributed by atoms with Gasteiger partial charge in [0.1, 0.15) is 12.9 Å². The van der Waals surface area contributed by atoms with E-state index in [1.165, 1.54) is 12.8 Å². The Labute approximate surface area is 169 Å². The van der Waals surface area contributed by atoms with Gasteiger partial charge in [0.25, 0.3) is 0 Å². The summed E-state index contributed by atoms with van der Waals surface area (Å²) in [5.74, 6) is 0.939. The van der Waals surface area contributed by atoms with Crippen LogP contribution in [0.2, 0.25) is 5.15 Å². The molecule has 0 N–H and O–H groups in total. The molecule has 3 rings (SSSR count). The number of carbonyl (C=O) groups excluding carboxylic acids is 1. The number of halogens is 1. The van der Waals surface area contributed by atoms with Crippen molar-refractivity contribution >= 4 is 40.8 Å². The van der Waals surface area contributed by atoms with Crippen LogP contribution in [-0.4, -0.2) is 49.7 Å². The lowest BCUT2D eigenvalue weighted by atomic mass is 10.2. The maximum atomic E-state index is 10.4. The molecule has 0 saturated heterocycles. The van der Waals surface area contributed by atoms with E-state index in [0.29, 0.717) is 21.5 Å². The number of thioether (sulfide) groups is 1. The van der Waals surface area contributed by atoms with E-state index in [1.807, 2.05) is 4.68 Å². The summed E-state index contributed by atoms with van der Waals surface area (Å²) in [6.07, 6.45) is 7.15. The Hall–Kier alpha value is -1.25. The predicted octanol–water partition coefficient (Wildman–Crippen LogP) is 4.49. The molecule has 2 aromatic rings. The number of carbonyl (C=O) groups is 1. The summed E-state index contributed by atoms with van der Waals surface area (Å²) in [7, 11) is 0. The van der Waals surface area contributed by atoms with Gasteiger partial charge in [-0.2, -0.15) is 0 Å². The van der Waals surface area contributed by atoms with Gasteiger partial charge in [-0.25, -0.2) is 14.6 Å². The minimum atomic E-state index is 0.0793. The Morgan fingerprint density at radius 1 is 1.22 bits per heavy atom. The Kier molecular flexibility index (Phi) is 9.44. The number of nitrogens with zero attached hydrogens (tertiary/aromatic N) is 5. The van der Waals surface area contributed by atoms with Crippen molar-refractivity contribution in [1.29, 1.82) is 0 Å². The molecule has 0 aliphatic heterocycles. The van der Waals surface area contributed by atoms with Crippen LogP contribution >= 0.6 is 23.4 Å². The van der Waals surface area contributed by atoms with Crippen molar-refractivity contribution in [3.63, 3.8) is 0 Å². The van der Waals surface area contributed by atoms with Gasteiger partial charge in [-0.15, -0.1) is 5.10 Å². The third-order valence-corrected chi connectivity index (χ3v) is 5.62. The Bertz CT molecular complexity index is 725. The molecule has 0 radical (unpaired) electrons. The van der Waals surface area contributed by atoms with Crippen molar-refractivity contribution in [2.75, 3.05) is 12.4 Å². The fraction of sp³-hybridized carbons (Fsp3) is 0.722. The SMILES string of the molecule is CCCC.CCCSc1nc(Cl)c2nnn(C3CCC(OCC=O)C3)c2n1. The number of aromatic nitrogens is 5. The molecular weight excluding hydrogens is 386 g/mol. The van der Waals surface area contributed by atoms with Crippen molar-refractivity contribution in [1.82, 2.24) is 25.0 Å². The van der Waals surface area contributed by atoms with Gasteiger partial charge in [0, 0.05) is 5.75 Å². The smallest absolute Gasteiger partial charge is 0.191 e. The second-order valence-corrected chi connectivity index (χ2v) is 7.86. The van der Waals surface area contributed by atoms with E-state index < -0.39 is 0 Å². The Morgan fingerprint density at radius 3 is 2.67 bits per heavy atom. The second kappa shape index (κ2) is 11.6. The van der Waals surface area contributed by atoms with Crippen LogP contribution in [0, 0.1) is 0 Å². The predicted molar refractivity (Wildman–Crippen MR) is 108 cm³/mol. The van der Waals surface area contributed by atoms with Gasteiger partial charge < -0.3 is 9.53 Å². The first-order valence-electron chi connectivity index (χ1n) is 9.60. The van der Waals surface area contributed by atoms with Crippen LogP contribution in [0.5, 0.6) is 0 Å². The quantitative estimate of drug-likeness (QED) is 0.273. The summed E-state index contributed by atoms with van der Waals surface area (Å²) in [6, 6.07) is 0.159. The number of unbranched alkanes of at least 4 members (excludes halogenated alkanes) is 1. The summed E-state index contributed by atoms with van der Waals surface area (Å²) >= 11 is 7.79. The van der Waals surface area contributed by atoms with Gasteiger partial charge in [0.05, 0.1) is 12.1 Å². The van der Waals surface area contributed by atoms with Gasteiger partial charge in [0.2, 0.25) is 0 Å². The van der Waals surface area contributed by atoms with Crippen LogP contribution in [0.4, 0.5) is 0 Å². The monoisotopic (exact) mass is 413 g/mol. The summed E-state index contributed by atoms with van der Waals surface area (Å²) in [5.41, 5.74) is 1.20. The fourth-order valence-corrected chi connectivity index (χ4v) is 3.69. The Morgan fingerprint density at radius 2 is 2.00 bits per heavy atom. The van der Waals surface area contributed by atoms with Gasteiger partial charge in [-0.1, -0.05) is 62.2 Å². The zero-order valence-electron chi connectivity index (χ0n) is 16.2. The van der Waals surface area contributed by atoms with Crippen molar-refractivity contribution in [3.8, 4) is 0 Å². The molecule has 1 aliphatic carbocycles. The summed E-state index contributed by atoms with van der Waals surface area (Å²) < 4.78 is 7.32. The molecule has 0 aromatic carbocycles. The van der Waals surface area contributed by atoms with E-state index in [-0.39, 0.29) is 18.8 Å². The topological polar surface area (TPSA) is 82.8 Å². The average Bonchev–Trinajstić information content (AvgIpc) is 3.31. The normalized spacial score (nSPS) is 19.1. The van der Waals surface area contributed by atoms with Crippen LogP contribution in [0.15, 0.2) is 5.16 Å². The van der Waals surface area contributed by atoms with Crippen LogP contribution in [-0.2, 0) is 9.53 Å². The van der Waals surface area contributed by atoms with Crippen LogP contribution in [0.25, 0.3) is 11.2 Å². The van der Waals surface area contributed by atoms with E-state index in [9.17, 15) is 4.79 Å². The van der Waals surface area contributed by atoms with Gasteiger partial charge >= 0.3 is 0 Å². The third-order valence-electron chi connectivity index (χ3n) is 4.30. The number of rotatable bonds is 8. The lowest BCUT2D eigenvalue weighted by molar-refractivity contribution is -0.113. The summed E-state index contributed by atoms with van der Waals surface area (Å²) in [6.45, 7) is 6.61. The molecule has 1 aliphatic rings. The molecule has 1 fully saturated rings. The molecule has 27 heavy (non-hydrogen) atoms. The lowest BCUT2D eigenvalue weighted by Crippen LogP contribution is -2.13. The van der Waals surface area contributed by atoms with Crippen molar-refractivity contribution in [2.45, 2.75) is 76.6 Å². The maximum Gasteiger partial charge on any atom is 0.191 e. The molecule has 0 spiro atoms. The van der Waals surface area contributed by atoms with Gasteiger partial charge in [-0.3, -0.25) is 0 Å². The van der Waals surface area contributed by atoms with Crippen molar-refractivity contribution < 1.29 is 9.53 Å². The van der Waals surface area contributed by atoms with Gasteiger partial charge in [0.15, 0.2) is 21.5 Å². The number of fused-ring (bicyclic) bond motifs is 1. The zero-order valence-corrected chi connectivity index (χ0v) is 17.8. The standard InChI is InChI=1S/C14H18ClN5O2S.C4H10/c1-2-7-23-14-16-12(15)11-13(17-14)20(19-18-11)9-3-4-10(8-9)22-6-5-21;1-3-4-2/h5,9-10H,2-4,6-8H2,1H3;3-4H2,1-2H3. The molecule has 7 nitrogen and oxygen atoms in total. The third kappa shape index (κ3) is 6.12. The minimum absolute atomic E-state index is 0.0793. The summed E-state index contributed by atoms with van der Waals surface area (Å²) in [5, 5.41) is 9.33. The lowest BCUT2D eigenvalue weighted by Gasteiger charge is -2.11. The Balaban J connectivity index is 0.000000596. The first-order chi connectivity index (χ1) is 13.1. The van der Waals surface area contributed by atoms with Gasteiger partial charge in [-0.05, 0) is 25.7 Å². The molecule has 150 valence electrons. The van der Waals surface area contributed by atoms with Crippen LogP contribution in [0.3, 0.4) is 0 Å². The largest absolute Gasteiger partial charge is 0.371 e. The molecule has 0 bridgehead atoms. The molecule has 2 aromatic heterocycles. The van der Waals surface area contributed by atoms with E-state index >= 15 is 0 Å². The molecule has 2 heterocycles. The number of aldehydes is 1. The molecule has 9 heteroatoms. The second-order valence-electron chi connectivity index (χ2n) is 6.44. The van der Waals surface area contributed by atoms with Crippen molar-refractivity contribution in [3.05, 3.63) is 5.15 Å². The van der Waals surface area contributed by atoms with Crippen molar-refractivity contribution in [2.24, 2.45) is 0 Å². The number of hydrogen-bond donors (Lipinski definition) is 0. The molecule has 1 saturated carbocycles. The summed E-state index contributed by atoms with van der Waals surface area (Å²) in [4.78, 5) is 19.3. The van der Waals surface area contributed by atoms with E-state index in [0.717, 1.165) is 37.7 Å². The highest BCUT2D eigenvalue weighted by atomic mass is 35.5. The molecule has 2 unspecified atom stereocenters. The van der Waals surface area contributed by atoms with E-state index in [2.05, 4.69) is 41.1 Å². The highest BCUT2D eigenvalue weighted by Crippen LogP contribution is 2.34. The number of hydrogen-bond acceptors (Lipinski definition) is 7. The van der Waals surface area contributed by atoms with Crippen LogP contribution in [0.1, 0.15) is 65.3 Å².